The van der Waals surface area contributed by atoms with Gasteiger partial charge in [-0.25, -0.2) is 9.97 Å². The van der Waals surface area contributed by atoms with Gasteiger partial charge in [-0.1, -0.05) is 18.5 Å². The lowest BCUT2D eigenvalue weighted by atomic mass is 10.0. The summed E-state index contributed by atoms with van der Waals surface area (Å²) in [4.78, 5) is 13.6. The molecule has 1 aliphatic rings. The van der Waals surface area contributed by atoms with E-state index in [1.54, 1.807) is 0 Å². The quantitative estimate of drug-likeness (QED) is 0.795. The van der Waals surface area contributed by atoms with Crippen molar-refractivity contribution in [1.29, 1.82) is 0 Å². The van der Waals surface area contributed by atoms with E-state index in [1.165, 1.54) is 12.8 Å². The van der Waals surface area contributed by atoms with Crippen molar-refractivity contribution in [2.24, 2.45) is 0 Å². The van der Waals surface area contributed by atoms with Crippen LogP contribution in [0.15, 0.2) is 6.07 Å². The number of hydrogen-bond donors (Lipinski definition) is 0. The van der Waals surface area contributed by atoms with Crippen molar-refractivity contribution in [1.82, 2.24) is 14.9 Å². The second-order valence-electron chi connectivity index (χ2n) is 5.40. The highest BCUT2D eigenvalue weighted by Gasteiger charge is 2.22. The van der Waals surface area contributed by atoms with Gasteiger partial charge in [0.15, 0.2) is 0 Å². The minimum absolute atomic E-state index is 0.559. The maximum absolute atomic E-state index is 6.10. The fraction of sp³-hybridized carbons (Fsp3) is 0.714. The van der Waals surface area contributed by atoms with Crippen molar-refractivity contribution in [3.8, 4) is 0 Å². The van der Waals surface area contributed by atoms with Gasteiger partial charge in [-0.05, 0) is 33.4 Å². The lowest BCUT2D eigenvalue weighted by Crippen LogP contribution is -2.42. The number of rotatable bonds is 4. The normalized spacial score (nSPS) is 17.2. The molecule has 0 amide bonds. The lowest BCUT2D eigenvalue weighted by Gasteiger charge is -2.35. The van der Waals surface area contributed by atoms with Crippen molar-refractivity contribution >= 4 is 17.4 Å². The molecule has 0 radical (unpaired) electrons. The Morgan fingerprint density at radius 1 is 1.32 bits per heavy atom. The maximum Gasteiger partial charge on any atom is 0.134 e. The number of hydrogen-bond acceptors (Lipinski definition) is 4. The van der Waals surface area contributed by atoms with Crippen LogP contribution in [0.3, 0.4) is 0 Å². The summed E-state index contributed by atoms with van der Waals surface area (Å²) < 4.78 is 0. The highest BCUT2D eigenvalue weighted by molar-refractivity contribution is 6.29. The van der Waals surface area contributed by atoms with Crippen LogP contribution in [0.25, 0.3) is 0 Å². The van der Waals surface area contributed by atoms with Crippen LogP contribution in [0, 0.1) is 0 Å². The van der Waals surface area contributed by atoms with E-state index >= 15 is 0 Å². The van der Waals surface area contributed by atoms with Gasteiger partial charge in [-0.2, -0.15) is 0 Å². The Morgan fingerprint density at radius 3 is 2.58 bits per heavy atom. The number of halogens is 1. The number of aryl methyl sites for hydroxylation is 1. The summed E-state index contributed by atoms with van der Waals surface area (Å²) in [5, 5.41) is 0.559. The third-order valence-electron chi connectivity index (χ3n) is 3.72. The van der Waals surface area contributed by atoms with E-state index in [4.69, 9.17) is 11.6 Å². The maximum atomic E-state index is 6.10. The second-order valence-corrected chi connectivity index (χ2v) is 5.78. The van der Waals surface area contributed by atoms with Crippen LogP contribution in [-0.2, 0) is 6.42 Å². The van der Waals surface area contributed by atoms with Crippen molar-refractivity contribution < 1.29 is 0 Å². The van der Waals surface area contributed by atoms with E-state index in [0.717, 1.165) is 37.6 Å². The number of anilines is 1. The van der Waals surface area contributed by atoms with Crippen molar-refractivity contribution in [2.45, 2.75) is 38.6 Å². The highest BCUT2D eigenvalue weighted by Crippen LogP contribution is 2.22. The van der Waals surface area contributed by atoms with Crippen molar-refractivity contribution in [3.05, 3.63) is 17.0 Å². The molecule has 0 atom stereocenters. The van der Waals surface area contributed by atoms with Crippen LogP contribution < -0.4 is 4.90 Å². The van der Waals surface area contributed by atoms with E-state index < -0.39 is 0 Å². The summed E-state index contributed by atoms with van der Waals surface area (Å²) in [6, 6.07) is 2.57. The summed E-state index contributed by atoms with van der Waals surface area (Å²) in [6.45, 7) is 4.22. The van der Waals surface area contributed by atoms with Gasteiger partial charge in [-0.15, -0.1) is 0 Å². The summed E-state index contributed by atoms with van der Waals surface area (Å²) in [5.41, 5.74) is 0. The molecule has 0 unspecified atom stereocenters. The number of piperidine rings is 1. The Labute approximate surface area is 120 Å². The van der Waals surface area contributed by atoms with Gasteiger partial charge < -0.3 is 9.80 Å². The van der Waals surface area contributed by atoms with E-state index in [2.05, 4.69) is 40.8 Å². The zero-order chi connectivity index (χ0) is 13.8. The third kappa shape index (κ3) is 3.80. The molecule has 1 aromatic rings. The zero-order valence-electron chi connectivity index (χ0n) is 12.1. The molecule has 4 nitrogen and oxygen atoms in total. The van der Waals surface area contributed by atoms with Crippen LogP contribution in [0.2, 0.25) is 5.15 Å². The van der Waals surface area contributed by atoms with Crippen molar-refractivity contribution in [2.75, 3.05) is 32.1 Å². The van der Waals surface area contributed by atoms with Crippen LogP contribution >= 0.6 is 11.6 Å². The Morgan fingerprint density at radius 2 is 2.00 bits per heavy atom. The summed E-state index contributed by atoms with van der Waals surface area (Å²) in [7, 11) is 4.31. The molecule has 19 heavy (non-hydrogen) atoms. The molecule has 2 heterocycles. The predicted molar refractivity (Wildman–Crippen MR) is 80.0 cm³/mol. The molecule has 1 aliphatic heterocycles. The molecule has 0 saturated carbocycles. The van der Waals surface area contributed by atoms with Crippen molar-refractivity contribution in [3.63, 3.8) is 0 Å². The first-order valence-electron chi connectivity index (χ1n) is 7.05. The molecule has 2 rings (SSSR count). The van der Waals surface area contributed by atoms with Crippen LogP contribution in [0.5, 0.6) is 0 Å². The van der Waals surface area contributed by atoms with E-state index in [9.17, 15) is 0 Å². The molecule has 0 aliphatic carbocycles. The largest absolute Gasteiger partial charge is 0.356 e. The first kappa shape index (κ1) is 14.5. The fourth-order valence-electron chi connectivity index (χ4n) is 2.56. The van der Waals surface area contributed by atoms with Gasteiger partial charge in [0.05, 0.1) is 0 Å². The lowest BCUT2D eigenvalue weighted by molar-refractivity contribution is 0.249. The average molecular weight is 283 g/mol. The molecule has 0 bridgehead atoms. The van der Waals surface area contributed by atoms with E-state index in [0.29, 0.717) is 11.2 Å². The van der Waals surface area contributed by atoms with Gasteiger partial charge in [0.25, 0.3) is 0 Å². The summed E-state index contributed by atoms with van der Waals surface area (Å²) >= 11 is 6.10. The first-order chi connectivity index (χ1) is 9.10. The minimum Gasteiger partial charge on any atom is -0.356 e. The minimum atomic E-state index is 0.559. The molecule has 0 aromatic carbocycles. The molecule has 106 valence electrons. The smallest absolute Gasteiger partial charge is 0.134 e. The fourth-order valence-corrected chi connectivity index (χ4v) is 2.76. The summed E-state index contributed by atoms with van der Waals surface area (Å²) in [6.07, 6.45) is 4.29. The van der Waals surface area contributed by atoms with Crippen LogP contribution in [0.4, 0.5) is 5.82 Å². The Balaban J connectivity index is 2.06. The van der Waals surface area contributed by atoms with Gasteiger partial charge in [0.2, 0.25) is 0 Å². The number of aromatic nitrogens is 2. The second kappa shape index (κ2) is 6.53. The van der Waals surface area contributed by atoms with Crippen LogP contribution in [-0.4, -0.2) is 48.1 Å². The Kier molecular flexibility index (Phi) is 4.99. The molecular weight excluding hydrogens is 260 g/mol. The van der Waals surface area contributed by atoms with Gasteiger partial charge in [0, 0.05) is 31.6 Å². The molecule has 1 fully saturated rings. The molecule has 1 saturated heterocycles. The Hall–Kier alpha value is -0.870. The molecular formula is C14H23ClN4. The zero-order valence-corrected chi connectivity index (χ0v) is 12.8. The van der Waals surface area contributed by atoms with E-state index in [1.807, 2.05) is 6.07 Å². The monoisotopic (exact) mass is 282 g/mol. The molecule has 5 heteroatoms. The number of nitrogens with zero attached hydrogens (tertiary/aromatic N) is 4. The standard InChI is InChI=1S/C14H23ClN4/c1-4-5-13-16-12(15)10-14(17-13)19-8-6-11(7-9-19)18(2)3/h10-11H,4-9H2,1-3H3. The van der Waals surface area contributed by atoms with Crippen LogP contribution in [0.1, 0.15) is 32.0 Å². The molecule has 0 N–H and O–H groups in total. The average Bonchev–Trinajstić information content (AvgIpc) is 2.38. The SMILES string of the molecule is CCCc1nc(Cl)cc(N2CCC(N(C)C)CC2)n1. The van der Waals surface area contributed by atoms with Gasteiger partial charge in [0.1, 0.15) is 16.8 Å². The topological polar surface area (TPSA) is 32.3 Å². The summed E-state index contributed by atoms with van der Waals surface area (Å²) in [5.74, 6) is 1.85. The van der Waals surface area contributed by atoms with E-state index in [-0.39, 0.29) is 0 Å². The first-order valence-corrected chi connectivity index (χ1v) is 7.42. The highest BCUT2D eigenvalue weighted by atomic mass is 35.5. The van der Waals surface area contributed by atoms with Gasteiger partial charge in [-0.3, -0.25) is 0 Å². The molecule has 0 spiro atoms. The van der Waals surface area contributed by atoms with Gasteiger partial charge >= 0.3 is 0 Å². The molecule has 1 aromatic heterocycles. The predicted octanol–water partition coefficient (Wildman–Crippen LogP) is 2.61. The Bertz CT molecular complexity index is 414. The third-order valence-corrected chi connectivity index (χ3v) is 3.91.